The first-order valence-electron chi connectivity index (χ1n) is 5.96. The van der Waals surface area contributed by atoms with E-state index in [-0.39, 0.29) is 24.5 Å². The molecule has 0 saturated heterocycles. The summed E-state index contributed by atoms with van der Waals surface area (Å²) >= 11 is 3.14. The molecule has 0 spiro atoms. The first-order valence-corrected chi connectivity index (χ1v) is 6.75. The number of imide groups is 1. The minimum atomic E-state index is -0.615. The number of methoxy groups -OCH3 is 1. The second kappa shape index (κ2) is 6.23. The highest BCUT2D eigenvalue weighted by Crippen LogP contribution is 2.31. The molecule has 0 fully saturated rings. The van der Waals surface area contributed by atoms with E-state index in [2.05, 4.69) is 21.2 Å². The van der Waals surface area contributed by atoms with Crippen molar-refractivity contribution in [3.05, 3.63) is 34.2 Å². The first kappa shape index (κ1) is 15.5. The monoisotopic (exact) mass is 358 g/mol. The van der Waals surface area contributed by atoms with Crippen LogP contribution in [0.2, 0.25) is 0 Å². The molecule has 0 radical (unpaired) electrons. The maximum atomic E-state index is 13.9. The third-order valence-corrected chi connectivity index (χ3v) is 3.46. The fourth-order valence-electron chi connectivity index (χ4n) is 1.84. The summed E-state index contributed by atoms with van der Waals surface area (Å²) in [6.07, 6.45) is 1.06. The van der Waals surface area contributed by atoms with Gasteiger partial charge in [0.1, 0.15) is 17.3 Å². The summed E-state index contributed by atoms with van der Waals surface area (Å²) in [5.74, 6) is -1.40. The van der Waals surface area contributed by atoms with E-state index in [1.165, 1.54) is 19.2 Å². The van der Waals surface area contributed by atoms with E-state index >= 15 is 0 Å². The predicted octanol–water partition coefficient (Wildman–Crippen LogP) is 1.25. The minimum absolute atomic E-state index is 0.00768. The fourth-order valence-corrected chi connectivity index (χ4v) is 2.31. The molecular formula is C13H12BrFN2O4. The van der Waals surface area contributed by atoms with Crippen molar-refractivity contribution in [2.75, 3.05) is 25.6 Å². The number of aliphatic hydroxyl groups is 1. The number of hydrogen-bond donors (Lipinski definition) is 2. The zero-order valence-electron chi connectivity index (χ0n) is 11.0. The molecule has 1 aliphatic rings. The largest absolute Gasteiger partial charge is 0.495 e. The molecule has 0 aromatic heterocycles. The lowest BCUT2D eigenvalue weighted by Crippen LogP contribution is -2.34. The Bertz CT molecular complexity index is 633. The number of benzene rings is 1. The van der Waals surface area contributed by atoms with Gasteiger partial charge in [-0.05, 0) is 22.0 Å². The van der Waals surface area contributed by atoms with Crippen molar-refractivity contribution in [2.24, 2.45) is 0 Å². The highest BCUT2D eigenvalue weighted by molar-refractivity contribution is 9.10. The van der Waals surface area contributed by atoms with Crippen molar-refractivity contribution in [1.82, 2.24) is 4.90 Å². The molecule has 112 valence electrons. The summed E-state index contributed by atoms with van der Waals surface area (Å²) in [6, 6.07) is 2.56. The zero-order chi connectivity index (χ0) is 15.6. The molecule has 2 rings (SSSR count). The van der Waals surface area contributed by atoms with Gasteiger partial charge < -0.3 is 15.2 Å². The molecule has 1 heterocycles. The minimum Gasteiger partial charge on any atom is -0.495 e. The van der Waals surface area contributed by atoms with E-state index in [0.29, 0.717) is 10.2 Å². The first-order chi connectivity index (χ1) is 9.97. The predicted molar refractivity (Wildman–Crippen MR) is 76.2 cm³/mol. The van der Waals surface area contributed by atoms with Crippen LogP contribution in [-0.2, 0) is 9.59 Å². The molecule has 0 saturated carbocycles. The molecule has 8 heteroatoms. The van der Waals surface area contributed by atoms with Crippen molar-refractivity contribution >= 4 is 33.4 Å². The molecule has 21 heavy (non-hydrogen) atoms. The number of anilines is 1. The number of rotatable bonds is 5. The second-order valence-corrected chi connectivity index (χ2v) is 5.02. The number of hydrogen-bond acceptors (Lipinski definition) is 5. The highest BCUT2D eigenvalue weighted by Gasteiger charge is 2.31. The molecule has 0 unspecified atom stereocenters. The highest BCUT2D eigenvalue weighted by atomic mass is 79.9. The van der Waals surface area contributed by atoms with Crippen LogP contribution in [0.5, 0.6) is 5.75 Å². The Kier molecular flexibility index (Phi) is 4.59. The van der Waals surface area contributed by atoms with E-state index in [1.807, 2.05) is 0 Å². The molecule has 1 aliphatic heterocycles. The average Bonchev–Trinajstić information content (AvgIpc) is 2.70. The third-order valence-electron chi connectivity index (χ3n) is 2.84. The van der Waals surface area contributed by atoms with Crippen molar-refractivity contribution in [3.8, 4) is 5.75 Å². The van der Waals surface area contributed by atoms with Gasteiger partial charge in [-0.2, -0.15) is 0 Å². The topological polar surface area (TPSA) is 78.9 Å². The summed E-state index contributed by atoms with van der Waals surface area (Å²) in [5.41, 5.74) is -0.0509. The Balaban J connectivity index is 2.25. The standard InChI is InChI=1S/C13H12BrFN2O4/c1-21-11-5-9(8(15)4-7(11)14)16-10-6-12(19)17(2-3-18)13(10)20/h4-6,16,18H,2-3H2,1H3. The van der Waals surface area contributed by atoms with Gasteiger partial charge in [0.25, 0.3) is 11.8 Å². The molecular weight excluding hydrogens is 347 g/mol. The Morgan fingerprint density at radius 1 is 1.43 bits per heavy atom. The number of nitrogens with zero attached hydrogens (tertiary/aromatic N) is 1. The summed E-state index contributed by atoms with van der Waals surface area (Å²) < 4.78 is 19.3. The van der Waals surface area contributed by atoms with Gasteiger partial charge in [-0.1, -0.05) is 0 Å². The maximum absolute atomic E-state index is 13.9. The number of amides is 2. The van der Waals surface area contributed by atoms with Gasteiger partial charge >= 0.3 is 0 Å². The van der Waals surface area contributed by atoms with Crippen LogP contribution < -0.4 is 10.1 Å². The van der Waals surface area contributed by atoms with E-state index in [4.69, 9.17) is 9.84 Å². The molecule has 0 atom stereocenters. The molecule has 0 bridgehead atoms. The number of aliphatic hydroxyl groups excluding tert-OH is 1. The van der Waals surface area contributed by atoms with Crippen LogP contribution in [-0.4, -0.2) is 42.1 Å². The molecule has 6 nitrogen and oxygen atoms in total. The molecule has 1 aromatic carbocycles. The lowest BCUT2D eigenvalue weighted by molar-refractivity contribution is -0.137. The number of nitrogens with one attached hydrogen (secondary N) is 1. The Hall–Kier alpha value is -1.93. The summed E-state index contributed by atoms with van der Waals surface area (Å²) in [7, 11) is 1.42. The molecule has 0 aliphatic carbocycles. The van der Waals surface area contributed by atoms with Crippen LogP contribution >= 0.6 is 15.9 Å². The lowest BCUT2D eigenvalue weighted by Gasteiger charge is -2.14. The molecule has 2 N–H and O–H groups in total. The van der Waals surface area contributed by atoms with Crippen LogP contribution in [0.25, 0.3) is 0 Å². The Morgan fingerprint density at radius 2 is 2.14 bits per heavy atom. The number of β-amino-alcohol motifs (C(OH)–C–C–N with tert-alkyl or cyclic N) is 1. The maximum Gasteiger partial charge on any atom is 0.277 e. The van der Waals surface area contributed by atoms with Crippen LogP contribution in [0.4, 0.5) is 10.1 Å². The van der Waals surface area contributed by atoms with Crippen LogP contribution in [0, 0.1) is 5.82 Å². The SMILES string of the molecule is COc1cc(NC2=CC(=O)N(CCO)C2=O)c(F)cc1Br. The molecule has 1 aromatic rings. The van der Waals surface area contributed by atoms with Crippen molar-refractivity contribution < 1.29 is 23.8 Å². The van der Waals surface area contributed by atoms with E-state index in [1.54, 1.807) is 0 Å². The summed E-state index contributed by atoms with van der Waals surface area (Å²) in [4.78, 5) is 24.4. The van der Waals surface area contributed by atoms with Crippen molar-refractivity contribution in [3.63, 3.8) is 0 Å². The van der Waals surface area contributed by atoms with Gasteiger partial charge in [0.05, 0.1) is 30.4 Å². The van der Waals surface area contributed by atoms with Gasteiger partial charge in [-0.25, -0.2) is 4.39 Å². The van der Waals surface area contributed by atoms with E-state index in [0.717, 1.165) is 11.0 Å². The van der Waals surface area contributed by atoms with Gasteiger partial charge in [0.15, 0.2) is 0 Å². The number of carbonyl (C=O) groups is 2. The third kappa shape index (κ3) is 3.06. The summed E-state index contributed by atoms with van der Waals surface area (Å²) in [5, 5.41) is 11.4. The van der Waals surface area contributed by atoms with Gasteiger partial charge in [0, 0.05) is 12.1 Å². The number of carbonyl (C=O) groups excluding carboxylic acids is 2. The van der Waals surface area contributed by atoms with Gasteiger partial charge in [0.2, 0.25) is 0 Å². The van der Waals surface area contributed by atoms with E-state index in [9.17, 15) is 14.0 Å². The second-order valence-electron chi connectivity index (χ2n) is 4.17. The Labute approximate surface area is 128 Å². The van der Waals surface area contributed by atoms with Crippen LogP contribution in [0.3, 0.4) is 0 Å². The normalized spacial score (nSPS) is 14.5. The lowest BCUT2D eigenvalue weighted by atomic mass is 10.2. The molecule has 2 amide bonds. The fraction of sp³-hybridized carbons (Fsp3) is 0.231. The number of halogens is 2. The smallest absolute Gasteiger partial charge is 0.277 e. The zero-order valence-corrected chi connectivity index (χ0v) is 12.6. The summed E-state index contributed by atoms with van der Waals surface area (Å²) in [6.45, 7) is -0.440. The van der Waals surface area contributed by atoms with E-state index < -0.39 is 17.6 Å². The van der Waals surface area contributed by atoms with Crippen molar-refractivity contribution in [2.45, 2.75) is 0 Å². The Morgan fingerprint density at radius 3 is 2.76 bits per heavy atom. The van der Waals surface area contributed by atoms with Gasteiger partial charge in [-0.3, -0.25) is 14.5 Å². The average molecular weight is 359 g/mol. The van der Waals surface area contributed by atoms with Crippen LogP contribution in [0.15, 0.2) is 28.4 Å². The van der Waals surface area contributed by atoms with Crippen molar-refractivity contribution in [1.29, 1.82) is 0 Å². The van der Waals surface area contributed by atoms with Crippen LogP contribution in [0.1, 0.15) is 0 Å². The quantitative estimate of drug-likeness (QED) is 0.774. The van der Waals surface area contributed by atoms with Gasteiger partial charge in [-0.15, -0.1) is 0 Å². The number of ether oxygens (including phenoxy) is 1.